The third-order valence-corrected chi connectivity index (χ3v) is 4.11. The van der Waals surface area contributed by atoms with Crippen LogP contribution in [0.4, 0.5) is 5.69 Å². The van der Waals surface area contributed by atoms with Crippen molar-refractivity contribution in [2.75, 3.05) is 24.7 Å². The number of anilines is 1. The topological polar surface area (TPSA) is 6.48 Å². The van der Waals surface area contributed by atoms with Crippen molar-refractivity contribution < 1.29 is 0 Å². The summed E-state index contributed by atoms with van der Waals surface area (Å²) in [7, 11) is 0. The van der Waals surface area contributed by atoms with Crippen LogP contribution in [0.5, 0.6) is 0 Å². The van der Waals surface area contributed by atoms with Crippen molar-refractivity contribution in [1.82, 2.24) is 4.90 Å². The highest BCUT2D eigenvalue weighted by atomic mass is 15.4. The lowest BCUT2D eigenvalue weighted by Crippen LogP contribution is -2.40. The molecule has 2 heteroatoms. The van der Waals surface area contributed by atoms with E-state index in [1.807, 2.05) is 0 Å². The molecule has 2 saturated heterocycles. The average Bonchev–Trinajstić information content (AvgIpc) is 2.76. The minimum Gasteiger partial charge on any atom is -0.357 e. The van der Waals surface area contributed by atoms with Gasteiger partial charge in [-0.15, -0.1) is 0 Å². The molecule has 2 heterocycles. The van der Waals surface area contributed by atoms with Gasteiger partial charge in [0.25, 0.3) is 0 Å². The molecule has 0 aliphatic carbocycles. The second-order valence-electron chi connectivity index (χ2n) is 5.20. The first-order chi connectivity index (χ1) is 7.84. The van der Waals surface area contributed by atoms with Gasteiger partial charge >= 0.3 is 0 Å². The molecule has 2 aliphatic rings. The van der Waals surface area contributed by atoms with Gasteiger partial charge in [-0.25, -0.2) is 0 Å². The van der Waals surface area contributed by atoms with E-state index in [2.05, 4.69) is 47.1 Å². The zero-order chi connectivity index (χ0) is 11.0. The number of nitrogens with zero attached hydrogens (tertiary/aromatic N) is 2. The van der Waals surface area contributed by atoms with Crippen molar-refractivity contribution in [2.24, 2.45) is 5.92 Å². The highest BCUT2D eigenvalue weighted by Crippen LogP contribution is 2.30. The molecule has 2 fully saturated rings. The molecule has 2 atom stereocenters. The van der Waals surface area contributed by atoms with Crippen LogP contribution < -0.4 is 4.90 Å². The van der Waals surface area contributed by atoms with Gasteiger partial charge in [-0.2, -0.15) is 0 Å². The van der Waals surface area contributed by atoms with Gasteiger partial charge in [-0.05, 0) is 30.9 Å². The fourth-order valence-corrected chi connectivity index (χ4v) is 3.13. The molecule has 2 aliphatic heterocycles. The first-order valence-electron chi connectivity index (χ1n) is 6.38. The van der Waals surface area contributed by atoms with Crippen molar-refractivity contribution in [2.45, 2.75) is 25.8 Å². The Hall–Kier alpha value is -1.02. The Morgan fingerprint density at radius 2 is 2.00 bits per heavy atom. The summed E-state index contributed by atoms with van der Waals surface area (Å²) >= 11 is 0. The Morgan fingerprint density at radius 3 is 2.75 bits per heavy atom. The number of rotatable bonds is 1. The molecule has 86 valence electrons. The molecule has 1 aromatic rings. The largest absolute Gasteiger partial charge is 0.357 e. The fourth-order valence-electron chi connectivity index (χ4n) is 3.13. The van der Waals surface area contributed by atoms with E-state index in [0.717, 1.165) is 18.6 Å². The summed E-state index contributed by atoms with van der Waals surface area (Å²) in [6.07, 6.45) is 2.78. The molecule has 0 unspecified atom stereocenters. The molecule has 16 heavy (non-hydrogen) atoms. The van der Waals surface area contributed by atoms with Crippen molar-refractivity contribution in [3.05, 3.63) is 30.3 Å². The van der Waals surface area contributed by atoms with E-state index in [4.69, 9.17) is 0 Å². The highest BCUT2D eigenvalue weighted by Gasteiger charge is 2.36. The third kappa shape index (κ3) is 1.71. The fraction of sp³-hybridized carbons (Fsp3) is 0.571. The predicted molar refractivity (Wildman–Crippen MR) is 67.5 cm³/mol. The molecular weight excluding hydrogens is 196 g/mol. The van der Waals surface area contributed by atoms with E-state index in [-0.39, 0.29) is 0 Å². The van der Waals surface area contributed by atoms with Crippen LogP contribution in [0.1, 0.15) is 19.8 Å². The highest BCUT2D eigenvalue weighted by molar-refractivity contribution is 5.47. The second kappa shape index (κ2) is 4.10. The zero-order valence-electron chi connectivity index (χ0n) is 9.97. The third-order valence-electron chi connectivity index (χ3n) is 4.11. The Labute approximate surface area is 97.9 Å². The molecular formula is C14H20N2. The predicted octanol–water partition coefficient (Wildman–Crippen LogP) is 2.56. The minimum atomic E-state index is 0.786. The van der Waals surface area contributed by atoms with Gasteiger partial charge in [0.2, 0.25) is 0 Å². The first-order valence-corrected chi connectivity index (χ1v) is 6.38. The van der Waals surface area contributed by atoms with E-state index >= 15 is 0 Å². The van der Waals surface area contributed by atoms with Gasteiger partial charge in [0, 0.05) is 24.8 Å². The van der Waals surface area contributed by atoms with Gasteiger partial charge in [0.1, 0.15) is 0 Å². The van der Waals surface area contributed by atoms with E-state index in [0.29, 0.717) is 0 Å². The second-order valence-corrected chi connectivity index (χ2v) is 5.20. The summed E-state index contributed by atoms with van der Waals surface area (Å²) in [6, 6.07) is 11.6. The summed E-state index contributed by atoms with van der Waals surface area (Å²) < 4.78 is 0. The molecule has 2 nitrogen and oxygen atoms in total. The van der Waals surface area contributed by atoms with E-state index in [1.54, 1.807) is 0 Å². The van der Waals surface area contributed by atoms with Crippen LogP contribution in [-0.2, 0) is 0 Å². The van der Waals surface area contributed by atoms with Crippen molar-refractivity contribution in [3.63, 3.8) is 0 Å². The number of para-hydroxylation sites is 1. The van der Waals surface area contributed by atoms with Crippen LogP contribution in [0.15, 0.2) is 30.3 Å². The Morgan fingerprint density at radius 1 is 1.19 bits per heavy atom. The molecule has 3 rings (SSSR count). The first kappa shape index (κ1) is 10.2. The number of hydrogen-bond acceptors (Lipinski definition) is 2. The SMILES string of the molecule is C[C@@H]1CCCN2CN(c3ccccc3)C[C@@H]12. The lowest BCUT2D eigenvalue weighted by atomic mass is 9.92. The molecule has 0 amide bonds. The zero-order valence-corrected chi connectivity index (χ0v) is 9.97. The van der Waals surface area contributed by atoms with Crippen LogP contribution in [0, 0.1) is 5.92 Å². The Bertz CT molecular complexity index is 349. The van der Waals surface area contributed by atoms with E-state index in [9.17, 15) is 0 Å². The molecule has 0 spiro atoms. The van der Waals surface area contributed by atoms with Gasteiger partial charge in [-0.1, -0.05) is 25.1 Å². The number of benzene rings is 1. The average molecular weight is 216 g/mol. The number of hydrogen-bond donors (Lipinski definition) is 0. The minimum absolute atomic E-state index is 0.786. The summed E-state index contributed by atoms with van der Waals surface area (Å²) in [4.78, 5) is 5.17. The molecule has 0 saturated carbocycles. The van der Waals surface area contributed by atoms with Crippen LogP contribution in [0.2, 0.25) is 0 Å². The maximum atomic E-state index is 2.65. The summed E-state index contributed by atoms with van der Waals surface area (Å²) in [5.74, 6) is 0.863. The maximum absolute atomic E-state index is 2.65. The quantitative estimate of drug-likeness (QED) is 0.712. The van der Waals surface area contributed by atoms with Crippen LogP contribution in [0.3, 0.4) is 0 Å². The molecule has 0 bridgehead atoms. The molecule has 0 N–H and O–H groups in total. The van der Waals surface area contributed by atoms with Crippen LogP contribution in [0.25, 0.3) is 0 Å². The van der Waals surface area contributed by atoms with Crippen molar-refractivity contribution in [1.29, 1.82) is 0 Å². The Kier molecular flexibility index (Phi) is 2.60. The normalized spacial score (nSPS) is 30.4. The molecule has 0 aromatic heterocycles. The monoisotopic (exact) mass is 216 g/mol. The Balaban J connectivity index is 1.77. The standard InChI is InChI=1S/C14H20N2/c1-12-6-5-9-15-11-16(10-14(12)15)13-7-3-2-4-8-13/h2-4,7-8,12,14H,5-6,9-11H2,1H3/t12-,14+/m1/s1. The number of piperidine rings is 1. The van der Waals surface area contributed by atoms with Gasteiger partial charge in [-0.3, -0.25) is 4.90 Å². The van der Waals surface area contributed by atoms with Crippen molar-refractivity contribution in [3.8, 4) is 0 Å². The smallest absolute Gasteiger partial charge is 0.0710 e. The van der Waals surface area contributed by atoms with Crippen LogP contribution in [-0.4, -0.2) is 30.7 Å². The lowest BCUT2D eigenvalue weighted by Gasteiger charge is -2.33. The van der Waals surface area contributed by atoms with E-state index < -0.39 is 0 Å². The van der Waals surface area contributed by atoms with Gasteiger partial charge in [0.05, 0.1) is 6.67 Å². The van der Waals surface area contributed by atoms with Crippen molar-refractivity contribution >= 4 is 5.69 Å². The molecule has 1 aromatic carbocycles. The summed E-state index contributed by atoms with van der Waals surface area (Å²) in [5, 5.41) is 0. The lowest BCUT2D eigenvalue weighted by molar-refractivity contribution is 0.151. The van der Waals surface area contributed by atoms with E-state index in [1.165, 1.54) is 31.6 Å². The number of fused-ring (bicyclic) bond motifs is 1. The maximum Gasteiger partial charge on any atom is 0.0710 e. The van der Waals surface area contributed by atoms with Gasteiger partial charge in [0.15, 0.2) is 0 Å². The molecule has 0 radical (unpaired) electrons. The van der Waals surface area contributed by atoms with Gasteiger partial charge < -0.3 is 4.90 Å². The van der Waals surface area contributed by atoms with Crippen LogP contribution >= 0.6 is 0 Å². The summed E-state index contributed by atoms with van der Waals surface area (Å²) in [6.45, 7) is 6.04. The summed E-state index contributed by atoms with van der Waals surface area (Å²) in [5.41, 5.74) is 1.38.